The van der Waals surface area contributed by atoms with Gasteiger partial charge in [-0.15, -0.1) is 0 Å². The summed E-state index contributed by atoms with van der Waals surface area (Å²) in [6.07, 6.45) is 2.04. The lowest BCUT2D eigenvalue weighted by atomic mass is 9.84. The number of rotatable bonds is 5. The fraction of sp³-hybridized carbons (Fsp3) is 0. The summed E-state index contributed by atoms with van der Waals surface area (Å²) >= 11 is 0. The van der Waals surface area contributed by atoms with Gasteiger partial charge in [-0.1, -0.05) is 170 Å². The lowest BCUT2D eigenvalue weighted by Gasteiger charge is -2.19. The molecule has 242 valence electrons. The zero-order valence-electron chi connectivity index (χ0n) is 28.5. The Morgan fingerprint density at radius 3 is 1.33 bits per heavy atom. The van der Waals surface area contributed by atoms with Gasteiger partial charge in [-0.05, 0) is 106 Å². The lowest BCUT2D eigenvalue weighted by Crippen LogP contribution is -1.94. The van der Waals surface area contributed by atoms with Crippen molar-refractivity contribution in [2.24, 2.45) is 0 Å². The molecule has 0 aliphatic rings. The molecule has 0 radical (unpaired) electrons. The van der Waals surface area contributed by atoms with Gasteiger partial charge >= 0.3 is 0 Å². The first-order valence-electron chi connectivity index (χ1n) is 17.9. The van der Waals surface area contributed by atoms with Crippen LogP contribution in [0.25, 0.3) is 98.9 Å². The van der Waals surface area contributed by atoms with E-state index in [9.17, 15) is 0 Å². The number of benzene rings is 9. The van der Waals surface area contributed by atoms with E-state index < -0.39 is 0 Å². The number of pyridine rings is 1. The summed E-state index contributed by atoms with van der Waals surface area (Å²) in [5, 5.41) is 9.88. The number of nitrogens with zero attached hydrogens (tertiary/aromatic N) is 1. The second-order valence-electron chi connectivity index (χ2n) is 13.5. The summed E-state index contributed by atoms with van der Waals surface area (Å²) in [6, 6.07) is 70.4. The number of hydrogen-bond acceptors (Lipinski definition) is 1. The van der Waals surface area contributed by atoms with Gasteiger partial charge in [-0.25, -0.2) is 0 Å². The SMILES string of the molecule is c1ccc(-c2cnc(-c3ccc4c(-c5ccc6ccccc6c5)c5ccccc5c(-c5ccc6ccccc6c5)c4c3)cc2-c2ccccc2)cc1. The summed E-state index contributed by atoms with van der Waals surface area (Å²) in [7, 11) is 0. The Morgan fingerprint density at radius 1 is 0.269 bits per heavy atom. The fourth-order valence-corrected chi connectivity index (χ4v) is 7.97. The van der Waals surface area contributed by atoms with Gasteiger partial charge in [0.25, 0.3) is 0 Å². The van der Waals surface area contributed by atoms with Crippen LogP contribution in [-0.4, -0.2) is 4.98 Å². The Kier molecular flexibility index (Phi) is 7.22. The smallest absolute Gasteiger partial charge is 0.0708 e. The Balaban J connectivity index is 1.27. The fourth-order valence-electron chi connectivity index (χ4n) is 7.97. The molecule has 10 rings (SSSR count). The summed E-state index contributed by atoms with van der Waals surface area (Å²) < 4.78 is 0. The predicted octanol–water partition coefficient (Wildman–Crippen LogP) is 14.0. The molecule has 0 aliphatic heterocycles. The molecule has 9 aromatic carbocycles. The molecule has 1 aromatic heterocycles. The molecule has 0 bridgehead atoms. The van der Waals surface area contributed by atoms with Gasteiger partial charge in [0.15, 0.2) is 0 Å². The number of aromatic nitrogens is 1. The average molecular weight is 660 g/mol. The monoisotopic (exact) mass is 659 g/mol. The van der Waals surface area contributed by atoms with Crippen molar-refractivity contribution in [3.05, 3.63) is 200 Å². The molecule has 0 fully saturated rings. The van der Waals surface area contributed by atoms with E-state index in [0.717, 1.165) is 22.4 Å². The third kappa shape index (κ3) is 5.14. The van der Waals surface area contributed by atoms with E-state index in [-0.39, 0.29) is 0 Å². The molecule has 0 saturated carbocycles. The Hall–Kier alpha value is -6.83. The van der Waals surface area contributed by atoms with Crippen LogP contribution >= 0.6 is 0 Å². The minimum Gasteiger partial charge on any atom is -0.256 e. The molecule has 1 heteroatoms. The van der Waals surface area contributed by atoms with Gasteiger partial charge < -0.3 is 0 Å². The summed E-state index contributed by atoms with van der Waals surface area (Å²) in [5.41, 5.74) is 11.6. The zero-order valence-corrected chi connectivity index (χ0v) is 28.5. The van der Waals surface area contributed by atoms with Gasteiger partial charge in [0, 0.05) is 17.3 Å². The average Bonchev–Trinajstić information content (AvgIpc) is 3.22. The first-order valence-corrected chi connectivity index (χ1v) is 17.9. The minimum atomic E-state index is 0.949. The molecule has 52 heavy (non-hydrogen) atoms. The van der Waals surface area contributed by atoms with Crippen LogP contribution in [0, 0.1) is 0 Å². The Bertz CT molecular complexity index is 2940. The van der Waals surface area contributed by atoms with Gasteiger partial charge in [-0.3, -0.25) is 4.98 Å². The summed E-state index contributed by atoms with van der Waals surface area (Å²) in [5.74, 6) is 0. The van der Waals surface area contributed by atoms with Gasteiger partial charge in [0.2, 0.25) is 0 Å². The topological polar surface area (TPSA) is 12.9 Å². The first kappa shape index (κ1) is 30.0. The van der Waals surface area contributed by atoms with E-state index in [1.54, 1.807) is 0 Å². The molecule has 0 spiro atoms. The molecule has 0 saturated heterocycles. The predicted molar refractivity (Wildman–Crippen MR) is 221 cm³/mol. The second-order valence-corrected chi connectivity index (χ2v) is 13.5. The summed E-state index contributed by atoms with van der Waals surface area (Å²) in [4.78, 5) is 5.14. The molecule has 0 atom stereocenters. The second kappa shape index (κ2) is 12.5. The molecule has 0 aliphatic carbocycles. The summed E-state index contributed by atoms with van der Waals surface area (Å²) in [6.45, 7) is 0. The van der Waals surface area contributed by atoms with E-state index in [4.69, 9.17) is 4.98 Å². The van der Waals surface area contributed by atoms with Crippen molar-refractivity contribution >= 4 is 43.1 Å². The number of hydrogen-bond donors (Lipinski definition) is 0. The Labute approximate surface area is 303 Å². The lowest BCUT2D eigenvalue weighted by molar-refractivity contribution is 1.33. The van der Waals surface area contributed by atoms with Gasteiger partial charge in [-0.2, -0.15) is 0 Å². The van der Waals surface area contributed by atoms with Crippen LogP contribution in [0.1, 0.15) is 0 Å². The van der Waals surface area contributed by atoms with E-state index in [1.807, 2.05) is 6.20 Å². The molecule has 1 heterocycles. The van der Waals surface area contributed by atoms with Crippen LogP contribution < -0.4 is 0 Å². The highest BCUT2D eigenvalue weighted by molar-refractivity contribution is 6.22. The van der Waals surface area contributed by atoms with Crippen molar-refractivity contribution in [2.45, 2.75) is 0 Å². The zero-order chi connectivity index (χ0) is 34.4. The molecule has 0 N–H and O–H groups in total. The third-order valence-electron chi connectivity index (χ3n) is 10.5. The van der Waals surface area contributed by atoms with Crippen molar-refractivity contribution in [3.63, 3.8) is 0 Å². The van der Waals surface area contributed by atoms with Crippen LogP contribution in [0.5, 0.6) is 0 Å². The van der Waals surface area contributed by atoms with Crippen molar-refractivity contribution in [1.82, 2.24) is 4.98 Å². The Morgan fingerprint density at radius 2 is 0.731 bits per heavy atom. The van der Waals surface area contributed by atoms with E-state index in [0.29, 0.717) is 0 Å². The van der Waals surface area contributed by atoms with Crippen molar-refractivity contribution in [1.29, 1.82) is 0 Å². The van der Waals surface area contributed by atoms with E-state index >= 15 is 0 Å². The molecular weight excluding hydrogens is 627 g/mol. The molecule has 1 nitrogen and oxygen atoms in total. The van der Waals surface area contributed by atoms with Gasteiger partial charge in [0.05, 0.1) is 5.69 Å². The normalized spacial score (nSPS) is 11.5. The van der Waals surface area contributed by atoms with Crippen LogP contribution in [0.3, 0.4) is 0 Å². The maximum atomic E-state index is 5.14. The van der Waals surface area contributed by atoms with Crippen LogP contribution in [-0.2, 0) is 0 Å². The highest BCUT2D eigenvalue weighted by Crippen LogP contribution is 2.46. The van der Waals surface area contributed by atoms with Crippen LogP contribution in [0.2, 0.25) is 0 Å². The van der Waals surface area contributed by atoms with Crippen LogP contribution in [0.15, 0.2) is 200 Å². The quantitative estimate of drug-likeness (QED) is 0.168. The molecular formula is C51H33N. The van der Waals surface area contributed by atoms with Crippen molar-refractivity contribution in [3.8, 4) is 55.8 Å². The minimum absolute atomic E-state index is 0.949. The molecule has 0 unspecified atom stereocenters. The molecule has 10 aromatic rings. The van der Waals surface area contributed by atoms with Crippen molar-refractivity contribution < 1.29 is 0 Å². The van der Waals surface area contributed by atoms with Crippen molar-refractivity contribution in [2.75, 3.05) is 0 Å². The maximum Gasteiger partial charge on any atom is 0.0708 e. The highest BCUT2D eigenvalue weighted by Gasteiger charge is 2.19. The highest BCUT2D eigenvalue weighted by atomic mass is 14.7. The maximum absolute atomic E-state index is 5.14. The standard InChI is InChI=1S/C51H33N/c1-3-15-36(16-4-1)46-32-49(52-33-48(46)37-17-5-2-6-18-37)40-27-28-45-47(31-40)51(42-26-24-35-14-8-10-20-39(35)30-42)44-22-12-11-21-43(44)50(45)41-25-23-34-13-7-9-19-38(34)29-41/h1-33H. The van der Waals surface area contributed by atoms with E-state index in [1.165, 1.54) is 76.5 Å². The van der Waals surface area contributed by atoms with E-state index in [2.05, 4.69) is 194 Å². The first-order chi connectivity index (χ1) is 25.8. The number of fused-ring (bicyclic) bond motifs is 4. The largest absolute Gasteiger partial charge is 0.256 e. The molecule has 0 amide bonds. The third-order valence-corrected chi connectivity index (χ3v) is 10.5. The van der Waals surface area contributed by atoms with Crippen LogP contribution in [0.4, 0.5) is 0 Å². The van der Waals surface area contributed by atoms with Gasteiger partial charge in [0.1, 0.15) is 0 Å².